The van der Waals surface area contributed by atoms with Crippen LogP contribution < -0.4 is 4.74 Å². The number of epoxide rings is 1. The molecule has 1 aromatic rings. The van der Waals surface area contributed by atoms with Crippen molar-refractivity contribution in [2.45, 2.75) is 113 Å². The molecule has 2 atom stereocenters. The summed E-state index contributed by atoms with van der Waals surface area (Å²) in [5.41, 5.74) is 4.34. The molecule has 33 heavy (non-hydrogen) atoms. The lowest BCUT2D eigenvalue weighted by Gasteiger charge is -2.61. The number of hydrogen-bond acceptors (Lipinski definition) is 2. The third kappa shape index (κ3) is 3.08. The summed E-state index contributed by atoms with van der Waals surface area (Å²) in [6, 6.07) is 7.33. The third-order valence-corrected chi connectivity index (χ3v) is 11.7. The maximum absolute atomic E-state index is 6.99. The molecule has 0 aromatic heterocycles. The fourth-order valence-corrected chi connectivity index (χ4v) is 11.3. The van der Waals surface area contributed by atoms with E-state index in [2.05, 4.69) is 25.1 Å². The Bertz CT molecular complexity index is 872. The van der Waals surface area contributed by atoms with E-state index in [9.17, 15) is 0 Å². The van der Waals surface area contributed by atoms with Gasteiger partial charge in [-0.05, 0) is 136 Å². The van der Waals surface area contributed by atoms with Gasteiger partial charge in [0.25, 0.3) is 0 Å². The van der Waals surface area contributed by atoms with Crippen molar-refractivity contribution >= 4 is 0 Å². The zero-order valence-corrected chi connectivity index (χ0v) is 20.6. The first kappa shape index (κ1) is 20.2. The highest BCUT2D eigenvalue weighted by atomic mass is 16.6. The van der Waals surface area contributed by atoms with Crippen LogP contribution >= 0.6 is 0 Å². The summed E-state index contributed by atoms with van der Waals surface area (Å²) in [7, 11) is 0. The van der Waals surface area contributed by atoms with E-state index in [4.69, 9.17) is 9.47 Å². The van der Waals surface area contributed by atoms with Gasteiger partial charge in [0.15, 0.2) is 0 Å². The SMILES string of the molecule is CCC(Oc1cccc(C23CC4CC(CC(C4)C2)C3)c1C12CC3CC(CC(C3)C1)C2)C1CO1. The molecule has 9 aliphatic rings. The molecule has 0 amide bonds. The summed E-state index contributed by atoms with van der Waals surface area (Å²) in [5.74, 6) is 7.18. The van der Waals surface area contributed by atoms with E-state index in [0.717, 1.165) is 48.5 Å². The molecule has 1 aliphatic heterocycles. The molecule has 1 saturated heterocycles. The van der Waals surface area contributed by atoms with Crippen LogP contribution in [-0.2, 0) is 15.6 Å². The second-order valence-electron chi connectivity index (χ2n) is 14.0. The lowest BCUT2D eigenvalue weighted by Crippen LogP contribution is -2.52. The molecular formula is C31H42O2. The highest BCUT2D eigenvalue weighted by Gasteiger charge is 2.57. The zero-order valence-electron chi connectivity index (χ0n) is 20.6. The summed E-state index contributed by atoms with van der Waals surface area (Å²) >= 11 is 0. The van der Waals surface area contributed by atoms with Gasteiger partial charge in [0.2, 0.25) is 0 Å². The van der Waals surface area contributed by atoms with Crippen LogP contribution in [0.3, 0.4) is 0 Å². The van der Waals surface area contributed by atoms with Gasteiger partial charge in [0.05, 0.1) is 6.61 Å². The van der Waals surface area contributed by atoms with Crippen LogP contribution in [0.15, 0.2) is 18.2 Å². The Kier molecular flexibility index (Phi) is 4.30. The minimum Gasteiger partial charge on any atom is -0.487 e. The van der Waals surface area contributed by atoms with Gasteiger partial charge in [-0.1, -0.05) is 19.1 Å². The number of ether oxygens (including phenoxy) is 2. The highest BCUT2D eigenvalue weighted by Crippen LogP contribution is 2.66. The lowest BCUT2D eigenvalue weighted by molar-refractivity contribution is -0.0190. The monoisotopic (exact) mass is 446 g/mol. The van der Waals surface area contributed by atoms with Crippen LogP contribution in [0.2, 0.25) is 0 Å². The Hall–Kier alpha value is -1.02. The quantitative estimate of drug-likeness (QED) is 0.432. The van der Waals surface area contributed by atoms with Gasteiger partial charge in [-0.2, -0.15) is 0 Å². The van der Waals surface area contributed by atoms with Gasteiger partial charge >= 0.3 is 0 Å². The molecule has 8 aliphatic carbocycles. The van der Waals surface area contributed by atoms with Crippen molar-refractivity contribution in [1.82, 2.24) is 0 Å². The van der Waals surface area contributed by atoms with E-state index < -0.39 is 0 Å². The first-order valence-corrected chi connectivity index (χ1v) is 14.5. The highest BCUT2D eigenvalue weighted by molar-refractivity contribution is 5.51. The van der Waals surface area contributed by atoms with Crippen LogP contribution in [0.1, 0.15) is 102 Å². The Morgan fingerprint density at radius 3 is 1.73 bits per heavy atom. The van der Waals surface area contributed by atoms with Crippen molar-refractivity contribution < 1.29 is 9.47 Å². The van der Waals surface area contributed by atoms with Gasteiger partial charge in [-0.3, -0.25) is 0 Å². The molecule has 0 radical (unpaired) electrons. The first-order valence-electron chi connectivity index (χ1n) is 14.5. The second-order valence-corrected chi connectivity index (χ2v) is 14.0. The summed E-state index contributed by atoms with van der Waals surface area (Å²) < 4.78 is 12.7. The summed E-state index contributed by atoms with van der Waals surface area (Å²) in [5, 5.41) is 0. The molecule has 0 spiro atoms. The molecular weight excluding hydrogens is 404 g/mol. The van der Waals surface area contributed by atoms with E-state index in [0.29, 0.717) is 16.9 Å². The molecule has 1 heterocycles. The molecule has 0 N–H and O–H groups in total. The predicted molar refractivity (Wildman–Crippen MR) is 131 cm³/mol. The van der Waals surface area contributed by atoms with Crippen LogP contribution in [0.4, 0.5) is 0 Å². The second kappa shape index (κ2) is 7.02. The minimum atomic E-state index is 0.226. The van der Waals surface area contributed by atoms with E-state index >= 15 is 0 Å². The molecule has 2 nitrogen and oxygen atoms in total. The van der Waals surface area contributed by atoms with Crippen molar-refractivity contribution in [2.24, 2.45) is 35.5 Å². The Balaban J connectivity index is 1.28. The fraction of sp³-hybridized carbons (Fsp3) is 0.806. The zero-order chi connectivity index (χ0) is 21.8. The number of rotatable bonds is 6. The van der Waals surface area contributed by atoms with E-state index in [1.54, 1.807) is 11.1 Å². The van der Waals surface area contributed by atoms with Crippen molar-refractivity contribution in [3.8, 4) is 5.75 Å². The molecule has 2 heteroatoms. The van der Waals surface area contributed by atoms with Crippen molar-refractivity contribution in [3.63, 3.8) is 0 Å². The van der Waals surface area contributed by atoms with Crippen LogP contribution in [0.25, 0.3) is 0 Å². The molecule has 2 unspecified atom stereocenters. The summed E-state index contributed by atoms with van der Waals surface area (Å²) in [6.07, 6.45) is 19.4. The lowest BCUT2D eigenvalue weighted by atomic mass is 9.44. The van der Waals surface area contributed by atoms with E-state index in [-0.39, 0.29) is 6.10 Å². The largest absolute Gasteiger partial charge is 0.487 e. The Labute approximate surface area is 200 Å². The molecule has 1 aromatic carbocycles. The molecule has 10 rings (SSSR count). The summed E-state index contributed by atoms with van der Waals surface area (Å²) in [4.78, 5) is 0. The fourth-order valence-electron chi connectivity index (χ4n) is 11.3. The molecule has 8 saturated carbocycles. The molecule has 9 fully saturated rings. The van der Waals surface area contributed by atoms with Crippen LogP contribution in [0, 0.1) is 35.5 Å². The van der Waals surface area contributed by atoms with Crippen LogP contribution in [0.5, 0.6) is 5.75 Å². The van der Waals surface area contributed by atoms with Crippen LogP contribution in [-0.4, -0.2) is 18.8 Å². The Morgan fingerprint density at radius 2 is 1.27 bits per heavy atom. The van der Waals surface area contributed by atoms with E-state index in [1.165, 1.54) is 82.8 Å². The predicted octanol–water partition coefficient (Wildman–Crippen LogP) is 7.18. The first-order chi connectivity index (χ1) is 16.1. The van der Waals surface area contributed by atoms with Gasteiger partial charge in [-0.15, -0.1) is 0 Å². The number of hydrogen-bond donors (Lipinski definition) is 0. The molecule has 178 valence electrons. The molecule has 8 bridgehead atoms. The van der Waals surface area contributed by atoms with Gasteiger partial charge in [0.1, 0.15) is 18.0 Å². The maximum atomic E-state index is 6.99. The van der Waals surface area contributed by atoms with Gasteiger partial charge in [0, 0.05) is 11.0 Å². The van der Waals surface area contributed by atoms with Gasteiger partial charge < -0.3 is 9.47 Å². The smallest absolute Gasteiger partial charge is 0.127 e. The average Bonchev–Trinajstić information content (AvgIpc) is 3.61. The van der Waals surface area contributed by atoms with E-state index in [1.807, 2.05) is 0 Å². The maximum Gasteiger partial charge on any atom is 0.127 e. The summed E-state index contributed by atoms with van der Waals surface area (Å²) in [6.45, 7) is 3.17. The van der Waals surface area contributed by atoms with Crippen molar-refractivity contribution in [3.05, 3.63) is 29.3 Å². The van der Waals surface area contributed by atoms with Gasteiger partial charge in [-0.25, -0.2) is 0 Å². The third-order valence-electron chi connectivity index (χ3n) is 11.7. The minimum absolute atomic E-state index is 0.226. The topological polar surface area (TPSA) is 21.8 Å². The van der Waals surface area contributed by atoms with Crippen molar-refractivity contribution in [1.29, 1.82) is 0 Å². The number of benzene rings is 1. The Morgan fingerprint density at radius 1 is 0.788 bits per heavy atom. The standard InChI is InChI=1S/C31H42O2/c1-2-26(28-18-32-28)33-27-5-3-4-25(30-12-19-6-20(13-30)8-21(7-19)14-30)29(27)31-15-22-9-23(16-31)11-24(10-22)17-31/h3-5,19-24,26,28H,2,6-18H2,1H3. The average molecular weight is 447 g/mol. The normalized spacial score (nSPS) is 49.4. The van der Waals surface area contributed by atoms with Crippen molar-refractivity contribution in [2.75, 3.05) is 6.61 Å².